The first-order chi connectivity index (χ1) is 13.3. The molecule has 0 radical (unpaired) electrons. The van der Waals surface area contributed by atoms with Crippen molar-refractivity contribution in [2.45, 2.75) is 46.3 Å². The molecule has 0 saturated heterocycles. The lowest BCUT2D eigenvalue weighted by Gasteiger charge is -2.29. The molecule has 0 fully saturated rings. The molecule has 0 bridgehead atoms. The topological polar surface area (TPSA) is 58.6 Å². The van der Waals surface area contributed by atoms with Gasteiger partial charge in [-0.1, -0.05) is 47.5 Å². The highest BCUT2D eigenvalue weighted by molar-refractivity contribution is 6.30. The maximum atomic E-state index is 12.9. The summed E-state index contributed by atoms with van der Waals surface area (Å²) in [7, 11) is 0. The molecule has 150 valence electrons. The van der Waals surface area contributed by atoms with Gasteiger partial charge in [0, 0.05) is 17.6 Å². The summed E-state index contributed by atoms with van der Waals surface area (Å²) in [6.07, 6.45) is 0. The summed E-state index contributed by atoms with van der Waals surface area (Å²) in [5.41, 5.74) is 2.09. The van der Waals surface area contributed by atoms with E-state index in [1.54, 1.807) is 31.2 Å². The average Bonchev–Trinajstić information content (AvgIpc) is 2.64. The highest BCUT2D eigenvalue weighted by atomic mass is 35.5. The number of carbonyl (C=O) groups excluding carboxylic acids is 2. The van der Waals surface area contributed by atoms with Crippen LogP contribution in [0.5, 0.6) is 5.75 Å². The lowest BCUT2D eigenvalue weighted by atomic mass is 10.1. The molecular weight excluding hydrogens is 376 g/mol. The van der Waals surface area contributed by atoms with Gasteiger partial charge in [-0.25, -0.2) is 0 Å². The fourth-order valence-electron chi connectivity index (χ4n) is 2.66. The molecule has 6 heteroatoms. The van der Waals surface area contributed by atoms with Crippen LogP contribution in [0.15, 0.2) is 48.5 Å². The van der Waals surface area contributed by atoms with E-state index in [-0.39, 0.29) is 24.5 Å². The van der Waals surface area contributed by atoms with E-state index in [0.29, 0.717) is 17.3 Å². The Labute approximate surface area is 171 Å². The second-order valence-corrected chi connectivity index (χ2v) is 7.53. The fourth-order valence-corrected chi connectivity index (χ4v) is 2.84. The normalized spacial score (nSPS) is 11.8. The van der Waals surface area contributed by atoms with E-state index >= 15 is 0 Å². The van der Waals surface area contributed by atoms with E-state index in [1.807, 2.05) is 45.0 Å². The molecule has 0 aromatic heterocycles. The van der Waals surface area contributed by atoms with Gasteiger partial charge in [-0.05, 0) is 51.5 Å². The Balaban J connectivity index is 2.14. The van der Waals surface area contributed by atoms with Gasteiger partial charge in [-0.2, -0.15) is 0 Å². The Morgan fingerprint density at radius 2 is 1.79 bits per heavy atom. The summed E-state index contributed by atoms with van der Waals surface area (Å²) in [5.74, 6) is 0.0422. The third-order valence-electron chi connectivity index (χ3n) is 4.23. The van der Waals surface area contributed by atoms with Crippen LogP contribution in [0.2, 0.25) is 5.02 Å². The van der Waals surface area contributed by atoms with Crippen LogP contribution < -0.4 is 10.1 Å². The predicted molar refractivity (Wildman–Crippen MR) is 111 cm³/mol. The standard InChI is InChI=1S/C22H27ClN2O3/c1-15(2)24-22(27)17(4)25(13-18-10-8-16(3)9-11-18)21(26)14-28-20-7-5-6-19(23)12-20/h5-12,15,17H,13-14H2,1-4H3,(H,24,27)/t17-/m1/s1. The van der Waals surface area contributed by atoms with Crippen molar-refractivity contribution in [1.29, 1.82) is 0 Å². The third-order valence-corrected chi connectivity index (χ3v) is 4.47. The minimum atomic E-state index is -0.626. The van der Waals surface area contributed by atoms with Crippen LogP contribution in [-0.4, -0.2) is 35.4 Å². The van der Waals surface area contributed by atoms with Crippen LogP contribution in [0.4, 0.5) is 0 Å². The Morgan fingerprint density at radius 3 is 2.39 bits per heavy atom. The van der Waals surface area contributed by atoms with Crippen molar-refractivity contribution in [2.75, 3.05) is 6.61 Å². The van der Waals surface area contributed by atoms with Crippen molar-refractivity contribution >= 4 is 23.4 Å². The highest BCUT2D eigenvalue weighted by Gasteiger charge is 2.26. The zero-order chi connectivity index (χ0) is 20.7. The maximum Gasteiger partial charge on any atom is 0.261 e. The Kier molecular flexibility index (Phi) is 7.88. The van der Waals surface area contributed by atoms with E-state index in [0.717, 1.165) is 11.1 Å². The van der Waals surface area contributed by atoms with Crippen molar-refractivity contribution in [3.8, 4) is 5.75 Å². The Bertz CT molecular complexity index is 806. The molecule has 1 N–H and O–H groups in total. The number of rotatable bonds is 8. The number of carbonyl (C=O) groups is 2. The molecule has 0 unspecified atom stereocenters. The maximum absolute atomic E-state index is 12.9. The highest BCUT2D eigenvalue weighted by Crippen LogP contribution is 2.18. The minimum absolute atomic E-state index is 0.00557. The van der Waals surface area contributed by atoms with Crippen molar-refractivity contribution < 1.29 is 14.3 Å². The van der Waals surface area contributed by atoms with Crippen molar-refractivity contribution in [3.05, 3.63) is 64.7 Å². The molecule has 2 aromatic carbocycles. The summed E-state index contributed by atoms with van der Waals surface area (Å²) in [6.45, 7) is 7.65. The summed E-state index contributed by atoms with van der Waals surface area (Å²) in [4.78, 5) is 26.9. The number of aryl methyl sites for hydroxylation is 1. The zero-order valence-corrected chi connectivity index (χ0v) is 17.5. The van der Waals surface area contributed by atoms with Gasteiger partial charge in [0.1, 0.15) is 11.8 Å². The van der Waals surface area contributed by atoms with Gasteiger partial charge in [0.05, 0.1) is 0 Å². The molecule has 2 rings (SSSR count). The first-order valence-electron chi connectivity index (χ1n) is 9.30. The van der Waals surface area contributed by atoms with Gasteiger partial charge >= 0.3 is 0 Å². The zero-order valence-electron chi connectivity index (χ0n) is 16.7. The van der Waals surface area contributed by atoms with Crippen LogP contribution in [0.3, 0.4) is 0 Å². The molecule has 0 aliphatic heterocycles. The minimum Gasteiger partial charge on any atom is -0.484 e. The summed E-state index contributed by atoms with van der Waals surface area (Å²) >= 11 is 5.95. The first-order valence-corrected chi connectivity index (χ1v) is 9.68. The third kappa shape index (κ3) is 6.57. The van der Waals surface area contributed by atoms with Crippen molar-refractivity contribution in [1.82, 2.24) is 10.2 Å². The number of amides is 2. The largest absolute Gasteiger partial charge is 0.484 e. The number of nitrogens with one attached hydrogen (secondary N) is 1. The quantitative estimate of drug-likeness (QED) is 0.726. The number of hydrogen-bond donors (Lipinski definition) is 1. The van der Waals surface area contributed by atoms with Gasteiger partial charge in [-0.3, -0.25) is 9.59 Å². The summed E-state index contributed by atoms with van der Waals surface area (Å²) < 4.78 is 5.59. The van der Waals surface area contributed by atoms with Gasteiger partial charge in [0.15, 0.2) is 6.61 Å². The lowest BCUT2D eigenvalue weighted by molar-refractivity contribution is -0.142. The number of ether oxygens (including phenoxy) is 1. The molecule has 0 spiro atoms. The van der Waals surface area contributed by atoms with E-state index in [4.69, 9.17) is 16.3 Å². The number of nitrogens with zero attached hydrogens (tertiary/aromatic N) is 1. The van der Waals surface area contributed by atoms with Gasteiger partial charge in [0.2, 0.25) is 5.91 Å². The van der Waals surface area contributed by atoms with Crippen LogP contribution in [0.25, 0.3) is 0 Å². The van der Waals surface area contributed by atoms with E-state index in [9.17, 15) is 9.59 Å². The smallest absolute Gasteiger partial charge is 0.261 e. The second kappa shape index (κ2) is 10.1. The fraction of sp³-hybridized carbons (Fsp3) is 0.364. The number of halogens is 1. The summed E-state index contributed by atoms with van der Waals surface area (Å²) in [5, 5.41) is 3.40. The van der Waals surface area contributed by atoms with Crippen LogP contribution >= 0.6 is 11.6 Å². The second-order valence-electron chi connectivity index (χ2n) is 7.09. The molecule has 2 amide bonds. The van der Waals surface area contributed by atoms with Crippen LogP contribution in [-0.2, 0) is 16.1 Å². The summed E-state index contributed by atoms with van der Waals surface area (Å²) in [6, 6.07) is 14.1. The number of benzene rings is 2. The SMILES string of the molecule is Cc1ccc(CN(C(=O)COc2cccc(Cl)c2)[C@H](C)C(=O)NC(C)C)cc1. The molecular formula is C22H27ClN2O3. The molecule has 0 aliphatic rings. The molecule has 0 heterocycles. The molecule has 1 atom stereocenters. The molecule has 0 saturated carbocycles. The Morgan fingerprint density at radius 1 is 1.11 bits per heavy atom. The van der Waals surface area contributed by atoms with Gasteiger partial charge in [-0.15, -0.1) is 0 Å². The molecule has 28 heavy (non-hydrogen) atoms. The van der Waals surface area contributed by atoms with E-state index in [2.05, 4.69) is 5.32 Å². The van der Waals surface area contributed by atoms with Crippen molar-refractivity contribution in [3.63, 3.8) is 0 Å². The van der Waals surface area contributed by atoms with E-state index < -0.39 is 6.04 Å². The van der Waals surface area contributed by atoms with Crippen LogP contribution in [0, 0.1) is 6.92 Å². The van der Waals surface area contributed by atoms with E-state index in [1.165, 1.54) is 4.90 Å². The molecule has 2 aromatic rings. The predicted octanol–water partition coefficient (Wildman–Crippen LogP) is 3.97. The lowest BCUT2D eigenvalue weighted by Crippen LogP contribution is -2.50. The Hall–Kier alpha value is -2.53. The monoisotopic (exact) mass is 402 g/mol. The van der Waals surface area contributed by atoms with Crippen LogP contribution in [0.1, 0.15) is 31.9 Å². The number of hydrogen-bond acceptors (Lipinski definition) is 3. The molecule has 5 nitrogen and oxygen atoms in total. The first kappa shape index (κ1) is 21.8. The van der Waals surface area contributed by atoms with Gasteiger partial charge in [0.25, 0.3) is 5.91 Å². The average molecular weight is 403 g/mol. The van der Waals surface area contributed by atoms with Crippen molar-refractivity contribution in [2.24, 2.45) is 0 Å². The molecule has 0 aliphatic carbocycles. The van der Waals surface area contributed by atoms with Gasteiger partial charge < -0.3 is 15.0 Å².